The Labute approximate surface area is 190 Å². The Balaban J connectivity index is 0.00000320. The van der Waals surface area contributed by atoms with Gasteiger partial charge in [-0.25, -0.2) is 9.78 Å². The molecule has 30 heavy (non-hydrogen) atoms. The number of thiazole rings is 1. The van der Waals surface area contributed by atoms with Gasteiger partial charge in [0.2, 0.25) is 0 Å². The van der Waals surface area contributed by atoms with Gasteiger partial charge in [-0.3, -0.25) is 9.69 Å². The Bertz CT molecular complexity index is 1020. The molecule has 1 amide bonds. The van der Waals surface area contributed by atoms with Crippen LogP contribution in [0.4, 0.5) is 5.13 Å². The second-order valence-electron chi connectivity index (χ2n) is 6.77. The first kappa shape index (κ1) is 24.1. The number of para-hydroxylation sites is 1. The summed E-state index contributed by atoms with van der Waals surface area (Å²) in [5, 5.41) is 1.17. The van der Waals surface area contributed by atoms with Gasteiger partial charge in [0.05, 0.1) is 22.4 Å². The van der Waals surface area contributed by atoms with Crippen molar-refractivity contribution in [2.45, 2.75) is 6.42 Å². The van der Waals surface area contributed by atoms with Gasteiger partial charge in [-0.2, -0.15) is 0 Å². The van der Waals surface area contributed by atoms with E-state index >= 15 is 0 Å². The summed E-state index contributed by atoms with van der Waals surface area (Å²) in [4.78, 5) is 33.3. The summed E-state index contributed by atoms with van der Waals surface area (Å²) in [6, 6.07) is 12.0. The van der Waals surface area contributed by atoms with Crippen LogP contribution < -0.4 is 4.90 Å². The number of methoxy groups -OCH3 is 1. The van der Waals surface area contributed by atoms with E-state index in [1.807, 2.05) is 26.2 Å². The molecule has 0 fully saturated rings. The summed E-state index contributed by atoms with van der Waals surface area (Å²) in [6.07, 6.45) is 0.794. The average molecular weight is 468 g/mol. The Morgan fingerprint density at radius 3 is 2.33 bits per heavy atom. The number of nitrogens with zero attached hydrogens (tertiary/aromatic N) is 3. The molecule has 0 aliphatic heterocycles. The quantitative estimate of drug-likeness (QED) is 0.468. The number of aromatic nitrogens is 1. The van der Waals surface area contributed by atoms with Crippen molar-refractivity contribution in [3.63, 3.8) is 0 Å². The average Bonchev–Trinajstić information content (AvgIpc) is 3.15. The van der Waals surface area contributed by atoms with E-state index in [1.54, 1.807) is 35.2 Å². The number of fused-ring (bicyclic) bond motifs is 1. The molecular formula is C21H23Cl2N3O3S. The molecule has 3 aromatic rings. The maximum absolute atomic E-state index is 13.3. The van der Waals surface area contributed by atoms with Crippen molar-refractivity contribution < 1.29 is 14.3 Å². The molecule has 1 heterocycles. The predicted molar refractivity (Wildman–Crippen MR) is 125 cm³/mol. The maximum atomic E-state index is 13.3. The van der Waals surface area contributed by atoms with Crippen LogP contribution >= 0.6 is 35.3 Å². The number of carbonyl (C=O) groups excluding carboxylic acids is 2. The maximum Gasteiger partial charge on any atom is 0.337 e. The van der Waals surface area contributed by atoms with Crippen LogP contribution in [0.5, 0.6) is 0 Å². The predicted octanol–water partition coefficient (Wildman–Crippen LogP) is 4.76. The Morgan fingerprint density at radius 2 is 1.73 bits per heavy atom. The van der Waals surface area contributed by atoms with Gasteiger partial charge in [-0.15, -0.1) is 12.4 Å². The largest absolute Gasteiger partial charge is 0.465 e. The van der Waals surface area contributed by atoms with Crippen LogP contribution in [-0.4, -0.2) is 56.1 Å². The van der Waals surface area contributed by atoms with Crippen LogP contribution in [0.2, 0.25) is 5.02 Å². The monoisotopic (exact) mass is 467 g/mol. The summed E-state index contributed by atoms with van der Waals surface area (Å²) >= 11 is 7.70. The lowest BCUT2D eigenvalue weighted by Gasteiger charge is -2.21. The number of benzene rings is 2. The number of esters is 1. The zero-order chi connectivity index (χ0) is 21.0. The number of anilines is 1. The first-order valence-corrected chi connectivity index (χ1v) is 10.3. The van der Waals surface area contributed by atoms with Gasteiger partial charge >= 0.3 is 5.97 Å². The number of amides is 1. The summed E-state index contributed by atoms with van der Waals surface area (Å²) < 4.78 is 5.64. The molecule has 0 radical (unpaired) electrons. The molecule has 0 bridgehead atoms. The molecule has 160 valence electrons. The summed E-state index contributed by atoms with van der Waals surface area (Å²) in [5.74, 6) is -0.608. The zero-order valence-electron chi connectivity index (χ0n) is 16.9. The van der Waals surface area contributed by atoms with Crippen molar-refractivity contribution in [3.8, 4) is 0 Å². The standard InChI is InChI=1S/C21H22ClN3O3S.ClH/c1-24(2)12-5-13-25(21-23-18-16(22)6-4-7-17(18)29-21)19(26)14-8-10-15(11-9-14)20(27)28-3;/h4,6-11H,5,12-13H2,1-3H3;1H. The van der Waals surface area contributed by atoms with Crippen LogP contribution in [0.15, 0.2) is 42.5 Å². The SMILES string of the molecule is COC(=O)c1ccc(C(=O)N(CCCN(C)C)c2nc3c(Cl)cccc3s2)cc1.Cl. The highest BCUT2D eigenvalue weighted by atomic mass is 35.5. The van der Waals surface area contributed by atoms with Crippen molar-refractivity contribution in [2.24, 2.45) is 0 Å². The highest BCUT2D eigenvalue weighted by Gasteiger charge is 2.22. The van der Waals surface area contributed by atoms with E-state index in [2.05, 4.69) is 9.88 Å². The molecule has 1 aromatic heterocycles. The normalized spacial score (nSPS) is 10.7. The zero-order valence-corrected chi connectivity index (χ0v) is 19.3. The van der Waals surface area contributed by atoms with Gasteiger partial charge in [0.1, 0.15) is 5.52 Å². The number of hydrogen-bond acceptors (Lipinski definition) is 6. The second-order valence-corrected chi connectivity index (χ2v) is 8.18. The number of carbonyl (C=O) groups is 2. The third-order valence-corrected chi connectivity index (χ3v) is 5.72. The van der Waals surface area contributed by atoms with Gasteiger partial charge in [0.15, 0.2) is 5.13 Å². The molecule has 0 aliphatic rings. The lowest BCUT2D eigenvalue weighted by Crippen LogP contribution is -2.33. The molecule has 9 heteroatoms. The highest BCUT2D eigenvalue weighted by molar-refractivity contribution is 7.22. The molecule has 0 atom stereocenters. The van der Waals surface area contributed by atoms with Crippen LogP contribution in [0, 0.1) is 0 Å². The molecule has 0 spiro atoms. The van der Waals surface area contributed by atoms with Crippen LogP contribution in [0.1, 0.15) is 27.1 Å². The second kappa shape index (κ2) is 10.7. The van der Waals surface area contributed by atoms with E-state index < -0.39 is 5.97 Å². The van der Waals surface area contributed by atoms with Crippen LogP contribution in [-0.2, 0) is 4.74 Å². The number of rotatable bonds is 7. The Kier molecular flexibility index (Phi) is 8.61. The fourth-order valence-electron chi connectivity index (χ4n) is 2.87. The summed E-state index contributed by atoms with van der Waals surface area (Å²) in [6.45, 7) is 1.36. The highest BCUT2D eigenvalue weighted by Crippen LogP contribution is 2.33. The Hall–Kier alpha value is -2.19. The van der Waals surface area contributed by atoms with Crippen molar-refractivity contribution in [3.05, 3.63) is 58.6 Å². The van der Waals surface area contributed by atoms with Gasteiger partial charge in [-0.05, 0) is 63.5 Å². The molecule has 0 aliphatic carbocycles. The first-order chi connectivity index (χ1) is 13.9. The molecule has 2 aromatic carbocycles. The van der Waals surface area contributed by atoms with E-state index in [0.29, 0.717) is 33.3 Å². The van der Waals surface area contributed by atoms with Gasteiger partial charge in [-0.1, -0.05) is 29.0 Å². The van der Waals surface area contributed by atoms with E-state index in [0.717, 1.165) is 17.7 Å². The van der Waals surface area contributed by atoms with Gasteiger partial charge < -0.3 is 9.64 Å². The van der Waals surface area contributed by atoms with E-state index in [9.17, 15) is 9.59 Å². The van der Waals surface area contributed by atoms with Crippen LogP contribution in [0.25, 0.3) is 10.2 Å². The molecule has 0 saturated carbocycles. The smallest absolute Gasteiger partial charge is 0.337 e. The topological polar surface area (TPSA) is 62.7 Å². The molecule has 0 unspecified atom stereocenters. The van der Waals surface area contributed by atoms with Crippen LogP contribution in [0.3, 0.4) is 0 Å². The van der Waals surface area contributed by atoms with Crippen molar-refractivity contribution in [1.29, 1.82) is 0 Å². The molecular weight excluding hydrogens is 445 g/mol. The van der Waals surface area contributed by atoms with E-state index in [1.165, 1.54) is 18.4 Å². The fraction of sp³-hybridized carbons (Fsp3) is 0.286. The van der Waals surface area contributed by atoms with Gasteiger partial charge in [0, 0.05) is 12.1 Å². The van der Waals surface area contributed by atoms with E-state index in [4.69, 9.17) is 16.3 Å². The lowest BCUT2D eigenvalue weighted by molar-refractivity contribution is 0.0600. The minimum Gasteiger partial charge on any atom is -0.465 e. The third-order valence-electron chi connectivity index (χ3n) is 4.37. The molecule has 0 saturated heterocycles. The third kappa shape index (κ3) is 5.49. The number of halogens is 2. The number of hydrogen-bond donors (Lipinski definition) is 0. The van der Waals surface area contributed by atoms with E-state index in [-0.39, 0.29) is 18.3 Å². The van der Waals surface area contributed by atoms with Crippen molar-refractivity contribution in [1.82, 2.24) is 9.88 Å². The molecule has 0 N–H and O–H groups in total. The summed E-state index contributed by atoms with van der Waals surface area (Å²) in [5.41, 5.74) is 1.57. The van der Waals surface area contributed by atoms with Gasteiger partial charge in [0.25, 0.3) is 5.91 Å². The molecule has 3 rings (SSSR count). The minimum absolute atomic E-state index is 0. The minimum atomic E-state index is -0.437. The molecule has 6 nitrogen and oxygen atoms in total. The first-order valence-electron chi connectivity index (χ1n) is 9.10. The Morgan fingerprint density at radius 1 is 1.07 bits per heavy atom. The lowest BCUT2D eigenvalue weighted by atomic mass is 10.1. The van der Waals surface area contributed by atoms with Crippen molar-refractivity contribution >= 4 is 62.6 Å². The number of ether oxygens (including phenoxy) is 1. The van der Waals surface area contributed by atoms with Crippen molar-refractivity contribution in [2.75, 3.05) is 39.2 Å². The summed E-state index contributed by atoms with van der Waals surface area (Å²) in [7, 11) is 5.32. The fourth-order valence-corrected chi connectivity index (χ4v) is 4.16.